The molecule has 226 valence electrons. The van der Waals surface area contributed by atoms with Crippen molar-refractivity contribution >= 4 is 29.4 Å². The van der Waals surface area contributed by atoms with E-state index in [2.05, 4.69) is 16.4 Å². The van der Waals surface area contributed by atoms with Crippen LogP contribution in [-0.2, 0) is 11.3 Å². The zero-order chi connectivity index (χ0) is 31.9. The van der Waals surface area contributed by atoms with Crippen LogP contribution in [0.3, 0.4) is 0 Å². The number of piperidine rings is 1. The van der Waals surface area contributed by atoms with Gasteiger partial charge >= 0.3 is 0 Å². The van der Waals surface area contributed by atoms with Crippen molar-refractivity contribution in [1.29, 1.82) is 10.5 Å². The van der Waals surface area contributed by atoms with Gasteiger partial charge in [0.25, 0.3) is 5.91 Å². The van der Waals surface area contributed by atoms with E-state index in [1.54, 1.807) is 29.9 Å². The van der Waals surface area contributed by atoms with E-state index in [9.17, 15) is 24.8 Å². The minimum absolute atomic E-state index is 0.105. The first-order valence-corrected chi connectivity index (χ1v) is 14.5. The molecule has 9 nitrogen and oxygen atoms in total. The molecule has 0 radical (unpaired) electrons. The van der Waals surface area contributed by atoms with Crippen LogP contribution in [0.25, 0.3) is 28.3 Å². The molecular formula is C34H28ClFN6O3. The smallest absolute Gasteiger partial charge is 0.267 e. The zero-order valence-corrected chi connectivity index (χ0v) is 24.7. The van der Waals surface area contributed by atoms with Crippen molar-refractivity contribution in [2.45, 2.75) is 25.4 Å². The average Bonchev–Trinajstić information content (AvgIpc) is 3.07. The molecule has 0 unspecified atom stereocenters. The number of hydrogen-bond acceptors (Lipinski definition) is 8. The number of phenolic OH excluding ortho intramolecular Hbond substituents is 1. The summed E-state index contributed by atoms with van der Waals surface area (Å²) < 4.78 is 14.8. The minimum Gasteiger partial charge on any atom is -0.506 e. The monoisotopic (exact) mass is 622 g/mol. The van der Waals surface area contributed by atoms with Crippen LogP contribution in [0, 0.1) is 28.5 Å². The maximum absolute atomic E-state index is 14.8. The summed E-state index contributed by atoms with van der Waals surface area (Å²) in [7, 11) is 0. The third-order valence-corrected chi connectivity index (χ3v) is 8.03. The summed E-state index contributed by atoms with van der Waals surface area (Å²) in [6.07, 6.45) is 6.07. The Morgan fingerprint density at radius 3 is 2.44 bits per heavy atom. The van der Waals surface area contributed by atoms with Crippen molar-refractivity contribution in [3.8, 4) is 40.1 Å². The number of nitrogens with zero attached hydrogens (tertiary/aromatic N) is 4. The van der Waals surface area contributed by atoms with E-state index in [1.807, 2.05) is 35.2 Å². The summed E-state index contributed by atoms with van der Waals surface area (Å²) in [6.45, 7) is 1.93. The van der Waals surface area contributed by atoms with Crippen molar-refractivity contribution in [2.24, 2.45) is 0 Å². The van der Waals surface area contributed by atoms with E-state index in [0.717, 1.165) is 24.0 Å². The summed E-state index contributed by atoms with van der Waals surface area (Å²) in [5, 5.41) is 42.3. The summed E-state index contributed by atoms with van der Waals surface area (Å²) >= 11 is 6.03. The fraction of sp³-hybridized carbons (Fsp3) is 0.176. The molecule has 1 aliphatic heterocycles. The number of aromatic nitrogens is 1. The van der Waals surface area contributed by atoms with Gasteiger partial charge in [0.2, 0.25) is 0 Å². The second-order valence-corrected chi connectivity index (χ2v) is 10.9. The van der Waals surface area contributed by atoms with E-state index >= 15 is 0 Å². The molecule has 11 heteroatoms. The van der Waals surface area contributed by atoms with Crippen molar-refractivity contribution in [3.05, 3.63) is 106 Å². The highest BCUT2D eigenvalue weighted by Gasteiger charge is 2.26. The molecule has 1 amide bonds. The molecule has 0 aliphatic carbocycles. The number of nitrogens with one attached hydrogen (secondary N) is 2. The second kappa shape index (κ2) is 14.0. The molecule has 45 heavy (non-hydrogen) atoms. The maximum Gasteiger partial charge on any atom is 0.267 e. The van der Waals surface area contributed by atoms with Crippen LogP contribution in [0.1, 0.15) is 35.1 Å². The van der Waals surface area contributed by atoms with Gasteiger partial charge in [0.1, 0.15) is 35.1 Å². The lowest BCUT2D eigenvalue weighted by atomic mass is 9.91. The van der Waals surface area contributed by atoms with Crippen molar-refractivity contribution in [3.63, 3.8) is 0 Å². The number of carbonyl (C=O) groups is 1. The van der Waals surface area contributed by atoms with Crippen LogP contribution >= 0.6 is 11.6 Å². The number of amides is 1. The minimum atomic E-state index is -0.700. The van der Waals surface area contributed by atoms with Crippen LogP contribution in [0.5, 0.6) is 5.75 Å². The Morgan fingerprint density at radius 1 is 1.07 bits per heavy atom. The lowest BCUT2D eigenvalue weighted by Gasteiger charge is -2.34. The molecule has 1 aromatic heterocycles. The molecule has 4 N–H and O–H groups in total. The van der Waals surface area contributed by atoms with Gasteiger partial charge in [-0.25, -0.2) is 14.9 Å². The molecule has 1 fully saturated rings. The van der Waals surface area contributed by atoms with Gasteiger partial charge in [-0.1, -0.05) is 48.0 Å². The van der Waals surface area contributed by atoms with Crippen molar-refractivity contribution in [1.82, 2.24) is 15.8 Å². The lowest BCUT2D eigenvalue weighted by molar-refractivity contribution is -0.124. The topological polar surface area (TPSA) is 145 Å². The number of hydroxylamine groups is 1. The van der Waals surface area contributed by atoms with Crippen LogP contribution < -0.4 is 15.7 Å². The van der Waals surface area contributed by atoms with E-state index in [1.165, 1.54) is 30.3 Å². The third-order valence-electron chi connectivity index (χ3n) is 7.71. The van der Waals surface area contributed by atoms with Gasteiger partial charge in [0.15, 0.2) is 0 Å². The molecule has 0 bridgehead atoms. The molecule has 5 rings (SSSR count). The van der Waals surface area contributed by atoms with Gasteiger partial charge in [-0.15, -0.1) is 0 Å². The zero-order valence-electron chi connectivity index (χ0n) is 24.0. The highest BCUT2D eigenvalue weighted by molar-refractivity contribution is 6.32. The highest BCUT2D eigenvalue weighted by Crippen LogP contribution is 2.41. The standard InChI is InChI=1S/C34H28ClFN6O3/c35-29-9-8-23(16-31(29)43)28-20-40-34(27(18-38)33(28)24-6-7-25(17-37)30(36)15-24)42-13-11-26(12-14-42)39-19-22-3-1-21(2-4-22)5-10-32(44)41-45/h1-10,15-16,20,26,39,43,45H,11-14,19H2,(H,41,44)/b10-5+. The number of benzene rings is 3. The number of hydrogen-bond donors (Lipinski definition) is 4. The van der Waals surface area contributed by atoms with Crippen LogP contribution in [0.4, 0.5) is 10.2 Å². The summed E-state index contributed by atoms with van der Waals surface area (Å²) in [5.41, 5.74) is 5.55. The molecule has 4 aromatic rings. The summed E-state index contributed by atoms with van der Waals surface area (Å²) in [5.74, 6) is -0.949. The number of rotatable bonds is 8. The van der Waals surface area contributed by atoms with Gasteiger partial charge in [-0.05, 0) is 65.4 Å². The predicted octanol–water partition coefficient (Wildman–Crippen LogP) is 5.93. The van der Waals surface area contributed by atoms with E-state index in [0.29, 0.717) is 47.7 Å². The molecule has 0 saturated carbocycles. The average molecular weight is 623 g/mol. The van der Waals surface area contributed by atoms with E-state index in [4.69, 9.17) is 16.8 Å². The predicted molar refractivity (Wildman–Crippen MR) is 169 cm³/mol. The first-order valence-electron chi connectivity index (χ1n) is 14.1. The first kappa shape index (κ1) is 31.2. The Balaban J connectivity index is 1.36. The van der Waals surface area contributed by atoms with Crippen molar-refractivity contribution < 1.29 is 19.5 Å². The van der Waals surface area contributed by atoms with Gasteiger partial charge in [0, 0.05) is 49.1 Å². The number of aromatic hydroxyl groups is 1. The maximum atomic E-state index is 14.8. The number of carbonyl (C=O) groups excluding carboxylic acids is 1. The van der Waals surface area contributed by atoms with Crippen molar-refractivity contribution in [2.75, 3.05) is 18.0 Å². The SMILES string of the molecule is N#Cc1ccc(-c2c(-c3ccc(Cl)c(O)c3)cnc(N3CCC(NCc4ccc(/C=C/C(=O)NO)cc4)CC3)c2C#N)cc1F. The van der Waals surface area contributed by atoms with E-state index < -0.39 is 11.7 Å². The first-order chi connectivity index (χ1) is 21.8. The van der Waals surface area contributed by atoms with Crippen LogP contribution in [-0.4, -0.2) is 40.3 Å². The number of nitriles is 2. The normalized spacial score (nSPS) is 13.4. The summed E-state index contributed by atoms with van der Waals surface area (Å²) in [6, 6.07) is 21.0. The number of pyridine rings is 1. The van der Waals surface area contributed by atoms with Gasteiger partial charge < -0.3 is 15.3 Å². The fourth-order valence-electron chi connectivity index (χ4n) is 5.32. The van der Waals surface area contributed by atoms with E-state index in [-0.39, 0.29) is 27.9 Å². The van der Waals surface area contributed by atoms with Crippen LogP contribution in [0.2, 0.25) is 5.02 Å². The quantitative estimate of drug-likeness (QED) is 0.107. The number of anilines is 1. The largest absolute Gasteiger partial charge is 0.506 e. The third kappa shape index (κ3) is 7.11. The highest BCUT2D eigenvalue weighted by atomic mass is 35.5. The molecular weight excluding hydrogens is 595 g/mol. The Kier molecular flexibility index (Phi) is 9.71. The number of phenols is 1. The Hall–Kier alpha value is -5.26. The molecule has 2 heterocycles. The molecule has 3 aromatic carbocycles. The fourth-order valence-corrected chi connectivity index (χ4v) is 5.44. The lowest BCUT2D eigenvalue weighted by Crippen LogP contribution is -2.42. The molecule has 1 aliphatic rings. The van der Waals surface area contributed by atoms with Gasteiger partial charge in [0.05, 0.1) is 10.6 Å². The van der Waals surface area contributed by atoms with Crippen LogP contribution in [0.15, 0.2) is 72.9 Å². The van der Waals surface area contributed by atoms with Gasteiger partial charge in [-0.2, -0.15) is 10.5 Å². The molecule has 1 saturated heterocycles. The second-order valence-electron chi connectivity index (χ2n) is 10.5. The Labute approximate surface area is 264 Å². The van der Waals surface area contributed by atoms with Gasteiger partial charge in [-0.3, -0.25) is 10.0 Å². The Bertz CT molecular complexity index is 1840. The number of halogens is 2. The Morgan fingerprint density at radius 2 is 1.80 bits per heavy atom. The summed E-state index contributed by atoms with van der Waals surface area (Å²) in [4.78, 5) is 17.9. The molecule has 0 spiro atoms. The molecule has 0 atom stereocenters.